The van der Waals surface area contributed by atoms with Crippen molar-refractivity contribution in [3.8, 4) is 0 Å². The molecule has 74 valence electrons. The van der Waals surface area contributed by atoms with Crippen molar-refractivity contribution < 1.29 is 9.90 Å². The highest BCUT2D eigenvalue weighted by molar-refractivity contribution is 5.98. The van der Waals surface area contributed by atoms with Crippen LogP contribution in [-0.2, 0) is 4.79 Å². The fourth-order valence-corrected chi connectivity index (χ4v) is 1.07. The standard InChI is InChI=1S/C11H13NO2/c1-3-11(14)12-10-6-4-5-9(7-10)8(2)13/h3-8,13H,1H2,2H3,(H,12,14)/t8-/m0/s1. The van der Waals surface area contributed by atoms with Gasteiger partial charge in [-0.15, -0.1) is 0 Å². The van der Waals surface area contributed by atoms with E-state index in [4.69, 9.17) is 0 Å². The molecule has 14 heavy (non-hydrogen) atoms. The van der Waals surface area contributed by atoms with Crippen molar-refractivity contribution in [2.24, 2.45) is 0 Å². The molecule has 0 fully saturated rings. The molecule has 0 aliphatic heterocycles. The van der Waals surface area contributed by atoms with Crippen molar-refractivity contribution in [2.75, 3.05) is 5.32 Å². The Hall–Kier alpha value is -1.61. The van der Waals surface area contributed by atoms with Gasteiger partial charge in [-0.25, -0.2) is 0 Å². The first-order valence-electron chi connectivity index (χ1n) is 4.35. The summed E-state index contributed by atoms with van der Waals surface area (Å²) < 4.78 is 0. The van der Waals surface area contributed by atoms with Crippen LogP contribution in [0.1, 0.15) is 18.6 Å². The SMILES string of the molecule is C=CC(=O)Nc1cccc([C@H](C)O)c1. The summed E-state index contributed by atoms with van der Waals surface area (Å²) in [5, 5.41) is 11.9. The zero-order valence-electron chi connectivity index (χ0n) is 8.03. The highest BCUT2D eigenvalue weighted by Gasteiger charge is 2.02. The lowest BCUT2D eigenvalue weighted by atomic mass is 10.1. The molecular weight excluding hydrogens is 178 g/mol. The number of amides is 1. The maximum atomic E-state index is 11.0. The van der Waals surface area contributed by atoms with E-state index >= 15 is 0 Å². The molecule has 3 nitrogen and oxygen atoms in total. The van der Waals surface area contributed by atoms with Crippen LogP contribution >= 0.6 is 0 Å². The predicted molar refractivity (Wildman–Crippen MR) is 55.9 cm³/mol. The third kappa shape index (κ3) is 2.71. The van der Waals surface area contributed by atoms with Gasteiger partial charge in [0.1, 0.15) is 0 Å². The Morgan fingerprint density at radius 3 is 2.93 bits per heavy atom. The van der Waals surface area contributed by atoms with Gasteiger partial charge in [0.05, 0.1) is 6.10 Å². The van der Waals surface area contributed by atoms with Crippen molar-refractivity contribution in [1.29, 1.82) is 0 Å². The first kappa shape index (κ1) is 10.5. The van der Waals surface area contributed by atoms with Crippen LogP contribution in [0.25, 0.3) is 0 Å². The summed E-state index contributed by atoms with van der Waals surface area (Å²) in [4.78, 5) is 11.0. The quantitative estimate of drug-likeness (QED) is 0.716. The van der Waals surface area contributed by atoms with Crippen molar-refractivity contribution >= 4 is 11.6 Å². The van der Waals surface area contributed by atoms with Crippen molar-refractivity contribution in [2.45, 2.75) is 13.0 Å². The molecule has 0 bridgehead atoms. The van der Waals surface area contributed by atoms with Crippen LogP contribution in [0.15, 0.2) is 36.9 Å². The number of rotatable bonds is 3. The highest BCUT2D eigenvalue weighted by Crippen LogP contribution is 2.16. The van der Waals surface area contributed by atoms with Crippen molar-refractivity contribution in [3.63, 3.8) is 0 Å². The lowest BCUT2D eigenvalue weighted by Gasteiger charge is -2.07. The molecule has 0 spiro atoms. The van der Waals surface area contributed by atoms with Crippen LogP contribution in [0.2, 0.25) is 0 Å². The molecule has 0 aliphatic rings. The molecule has 1 atom stereocenters. The van der Waals surface area contributed by atoms with E-state index in [1.54, 1.807) is 31.2 Å². The molecule has 0 aromatic heterocycles. The monoisotopic (exact) mass is 191 g/mol. The van der Waals surface area contributed by atoms with Crippen LogP contribution in [-0.4, -0.2) is 11.0 Å². The number of aliphatic hydroxyl groups is 1. The normalized spacial score (nSPS) is 11.9. The van der Waals surface area contributed by atoms with Crippen LogP contribution in [0.4, 0.5) is 5.69 Å². The van der Waals surface area contributed by atoms with Crippen LogP contribution < -0.4 is 5.32 Å². The first-order valence-corrected chi connectivity index (χ1v) is 4.35. The molecule has 0 aliphatic carbocycles. The Labute approximate surface area is 83.1 Å². The average Bonchev–Trinajstić information content (AvgIpc) is 2.18. The maximum Gasteiger partial charge on any atom is 0.247 e. The number of hydrogen-bond donors (Lipinski definition) is 2. The molecule has 0 unspecified atom stereocenters. The Morgan fingerprint density at radius 1 is 1.64 bits per heavy atom. The van der Waals surface area contributed by atoms with Gasteiger partial charge in [-0.3, -0.25) is 4.79 Å². The second-order valence-electron chi connectivity index (χ2n) is 2.99. The Morgan fingerprint density at radius 2 is 2.36 bits per heavy atom. The van der Waals surface area contributed by atoms with Crippen LogP contribution in [0.3, 0.4) is 0 Å². The lowest BCUT2D eigenvalue weighted by molar-refractivity contribution is -0.111. The molecule has 2 N–H and O–H groups in total. The number of aliphatic hydroxyl groups excluding tert-OH is 1. The highest BCUT2D eigenvalue weighted by atomic mass is 16.3. The molecule has 1 rings (SSSR count). The van der Waals surface area contributed by atoms with Crippen molar-refractivity contribution in [3.05, 3.63) is 42.5 Å². The number of nitrogens with one attached hydrogen (secondary N) is 1. The second kappa shape index (κ2) is 4.58. The predicted octanol–water partition coefficient (Wildman–Crippen LogP) is 1.86. The second-order valence-corrected chi connectivity index (χ2v) is 2.99. The Kier molecular flexibility index (Phi) is 3.42. The Balaban J connectivity index is 2.83. The third-order valence-corrected chi connectivity index (χ3v) is 1.82. The number of hydrogen-bond acceptors (Lipinski definition) is 2. The molecule has 1 aromatic carbocycles. The molecule has 0 saturated heterocycles. The molecule has 0 radical (unpaired) electrons. The van der Waals surface area contributed by atoms with Gasteiger partial charge in [-0.05, 0) is 30.7 Å². The third-order valence-electron chi connectivity index (χ3n) is 1.82. The minimum atomic E-state index is -0.532. The largest absolute Gasteiger partial charge is 0.389 e. The van der Waals surface area contributed by atoms with Gasteiger partial charge >= 0.3 is 0 Å². The molecule has 1 aromatic rings. The minimum Gasteiger partial charge on any atom is -0.389 e. The van der Waals surface area contributed by atoms with Gasteiger partial charge in [-0.2, -0.15) is 0 Å². The summed E-state index contributed by atoms with van der Waals surface area (Å²) in [6, 6.07) is 7.06. The van der Waals surface area contributed by atoms with Crippen LogP contribution in [0, 0.1) is 0 Å². The van der Waals surface area contributed by atoms with Gasteiger partial charge in [0, 0.05) is 5.69 Å². The molecular formula is C11H13NO2. The Bertz CT molecular complexity index is 345. The topological polar surface area (TPSA) is 49.3 Å². The van der Waals surface area contributed by atoms with E-state index in [-0.39, 0.29) is 5.91 Å². The molecule has 3 heteroatoms. The zero-order chi connectivity index (χ0) is 10.6. The maximum absolute atomic E-state index is 11.0. The van der Waals surface area contributed by atoms with Gasteiger partial charge < -0.3 is 10.4 Å². The van der Waals surface area contributed by atoms with E-state index in [1.807, 2.05) is 0 Å². The molecule has 1 amide bonds. The molecule has 0 heterocycles. The number of carbonyl (C=O) groups is 1. The summed E-state index contributed by atoms with van der Waals surface area (Å²) >= 11 is 0. The zero-order valence-corrected chi connectivity index (χ0v) is 8.03. The van der Waals surface area contributed by atoms with Gasteiger partial charge in [0.25, 0.3) is 0 Å². The first-order chi connectivity index (χ1) is 6.63. The van der Waals surface area contributed by atoms with Crippen molar-refractivity contribution in [1.82, 2.24) is 0 Å². The minimum absolute atomic E-state index is 0.257. The van der Waals surface area contributed by atoms with E-state index in [1.165, 1.54) is 6.08 Å². The summed E-state index contributed by atoms with van der Waals surface area (Å²) in [6.07, 6.45) is 0.672. The summed E-state index contributed by atoms with van der Waals surface area (Å²) in [5.74, 6) is -0.257. The van der Waals surface area contributed by atoms with E-state index in [0.717, 1.165) is 5.56 Å². The lowest BCUT2D eigenvalue weighted by Crippen LogP contribution is -2.07. The average molecular weight is 191 g/mol. The van der Waals surface area contributed by atoms with E-state index in [2.05, 4.69) is 11.9 Å². The number of carbonyl (C=O) groups excluding carboxylic acids is 1. The summed E-state index contributed by atoms with van der Waals surface area (Å²) in [5.41, 5.74) is 1.43. The van der Waals surface area contributed by atoms with Gasteiger partial charge in [-0.1, -0.05) is 18.7 Å². The fraction of sp³-hybridized carbons (Fsp3) is 0.182. The smallest absolute Gasteiger partial charge is 0.247 e. The van der Waals surface area contributed by atoms with Gasteiger partial charge in [0.2, 0.25) is 5.91 Å². The number of benzene rings is 1. The van der Waals surface area contributed by atoms with Crippen LogP contribution in [0.5, 0.6) is 0 Å². The fourth-order valence-electron chi connectivity index (χ4n) is 1.07. The summed E-state index contributed by atoms with van der Waals surface area (Å²) in [6.45, 7) is 5.03. The molecule has 0 saturated carbocycles. The van der Waals surface area contributed by atoms with E-state index in [0.29, 0.717) is 5.69 Å². The number of anilines is 1. The summed E-state index contributed by atoms with van der Waals surface area (Å²) in [7, 11) is 0. The van der Waals surface area contributed by atoms with E-state index < -0.39 is 6.10 Å². The van der Waals surface area contributed by atoms with Gasteiger partial charge in [0.15, 0.2) is 0 Å². The van der Waals surface area contributed by atoms with E-state index in [9.17, 15) is 9.90 Å².